The Bertz CT molecular complexity index is 418. The van der Waals surface area contributed by atoms with E-state index in [1.807, 2.05) is 0 Å². The summed E-state index contributed by atoms with van der Waals surface area (Å²) in [6.45, 7) is -0.463. The van der Waals surface area contributed by atoms with Crippen molar-refractivity contribution in [2.45, 2.75) is 6.18 Å². The van der Waals surface area contributed by atoms with Crippen LogP contribution in [0.5, 0.6) is 5.75 Å². The lowest BCUT2D eigenvalue weighted by atomic mass is 10.2. The third kappa shape index (κ3) is 3.81. The lowest BCUT2D eigenvalue weighted by Crippen LogP contribution is -2.13. The van der Waals surface area contributed by atoms with E-state index in [2.05, 4.69) is 4.74 Å². The van der Waals surface area contributed by atoms with Gasteiger partial charge in [-0.15, -0.1) is 0 Å². The second-order valence-corrected chi connectivity index (χ2v) is 3.41. The molecule has 0 heterocycles. The third-order valence-electron chi connectivity index (χ3n) is 1.83. The van der Waals surface area contributed by atoms with E-state index < -0.39 is 29.3 Å². The van der Waals surface area contributed by atoms with Crippen LogP contribution in [0.2, 0.25) is 5.02 Å². The van der Waals surface area contributed by atoms with Crippen LogP contribution in [0.25, 0.3) is 0 Å². The molecule has 3 nitrogen and oxygen atoms in total. The summed E-state index contributed by atoms with van der Waals surface area (Å²) in [5.74, 6) is -0.791. The van der Waals surface area contributed by atoms with Gasteiger partial charge in [0, 0.05) is 0 Å². The molecule has 0 saturated carbocycles. The predicted molar refractivity (Wildman–Crippen MR) is 54.0 cm³/mol. The summed E-state index contributed by atoms with van der Waals surface area (Å²) in [5.41, 5.74) is -1.01. The fourth-order valence-corrected chi connectivity index (χ4v) is 1.24. The van der Waals surface area contributed by atoms with Gasteiger partial charge in [-0.3, -0.25) is 0 Å². The zero-order valence-electron chi connectivity index (χ0n) is 8.68. The van der Waals surface area contributed by atoms with Crippen molar-refractivity contribution in [2.24, 2.45) is 0 Å². The molecule has 0 aliphatic carbocycles. The topological polar surface area (TPSA) is 35.5 Å². The van der Waals surface area contributed by atoms with Crippen molar-refractivity contribution in [3.05, 3.63) is 28.8 Å². The van der Waals surface area contributed by atoms with E-state index in [9.17, 15) is 18.0 Å². The summed E-state index contributed by atoms with van der Waals surface area (Å²) in [7, 11) is 1.15. The van der Waals surface area contributed by atoms with Crippen molar-refractivity contribution < 1.29 is 27.4 Å². The van der Waals surface area contributed by atoms with Gasteiger partial charge in [-0.1, -0.05) is 11.6 Å². The van der Waals surface area contributed by atoms with E-state index in [0.717, 1.165) is 19.2 Å². The highest BCUT2D eigenvalue weighted by atomic mass is 35.5. The largest absolute Gasteiger partial charge is 0.482 e. The molecule has 1 rings (SSSR count). The first-order chi connectivity index (χ1) is 7.84. The Balaban J connectivity index is 2.86. The van der Waals surface area contributed by atoms with Gasteiger partial charge in [-0.2, -0.15) is 13.2 Å². The van der Waals surface area contributed by atoms with Gasteiger partial charge in [0.25, 0.3) is 0 Å². The van der Waals surface area contributed by atoms with E-state index in [1.54, 1.807) is 0 Å². The maximum Gasteiger partial charge on any atom is 0.417 e. The SMILES string of the molecule is COC(=O)COc1ccc(Cl)c(C(F)(F)F)c1. The minimum absolute atomic E-state index is 0.105. The Labute approximate surface area is 100 Å². The van der Waals surface area contributed by atoms with E-state index >= 15 is 0 Å². The number of hydrogen-bond donors (Lipinski definition) is 0. The second-order valence-electron chi connectivity index (χ2n) is 3.00. The zero-order chi connectivity index (χ0) is 13.1. The summed E-state index contributed by atoms with van der Waals surface area (Å²) < 4.78 is 46.5. The molecule has 1 aromatic carbocycles. The minimum Gasteiger partial charge on any atom is -0.482 e. The fraction of sp³-hybridized carbons (Fsp3) is 0.300. The molecule has 0 fully saturated rings. The highest BCUT2D eigenvalue weighted by Gasteiger charge is 2.33. The molecule has 0 spiro atoms. The third-order valence-corrected chi connectivity index (χ3v) is 2.16. The van der Waals surface area contributed by atoms with Crippen molar-refractivity contribution >= 4 is 17.6 Å². The molecule has 0 bridgehead atoms. The highest BCUT2D eigenvalue weighted by Crippen LogP contribution is 2.36. The van der Waals surface area contributed by atoms with Gasteiger partial charge in [0.1, 0.15) is 5.75 Å². The van der Waals surface area contributed by atoms with Crippen LogP contribution in [0.4, 0.5) is 13.2 Å². The molecule has 7 heteroatoms. The Morgan fingerprint density at radius 3 is 2.59 bits per heavy atom. The number of esters is 1. The Morgan fingerprint density at radius 2 is 2.06 bits per heavy atom. The van der Waals surface area contributed by atoms with Gasteiger partial charge in [0.15, 0.2) is 6.61 Å². The number of carbonyl (C=O) groups is 1. The van der Waals surface area contributed by atoms with Crippen LogP contribution in [0.1, 0.15) is 5.56 Å². The lowest BCUT2D eigenvalue weighted by molar-refractivity contribution is -0.142. The number of ether oxygens (including phenoxy) is 2. The highest BCUT2D eigenvalue weighted by molar-refractivity contribution is 6.31. The number of halogens is 4. The van der Waals surface area contributed by atoms with Gasteiger partial charge in [0.05, 0.1) is 17.7 Å². The van der Waals surface area contributed by atoms with E-state index in [0.29, 0.717) is 0 Å². The van der Waals surface area contributed by atoms with Gasteiger partial charge in [-0.05, 0) is 18.2 Å². The number of rotatable bonds is 3. The molecule has 94 valence electrons. The molecule has 17 heavy (non-hydrogen) atoms. The zero-order valence-corrected chi connectivity index (χ0v) is 9.43. The van der Waals surface area contributed by atoms with Crippen molar-refractivity contribution in [3.8, 4) is 5.75 Å². The van der Waals surface area contributed by atoms with Crippen LogP contribution >= 0.6 is 11.6 Å². The van der Waals surface area contributed by atoms with Crippen LogP contribution in [0.3, 0.4) is 0 Å². The van der Waals surface area contributed by atoms with Crippen LogP contribution in [-0.2, 0) is 15.7 Å². The maximum absolute atomic E-state index is 12.5. The molecule has 0 saturated heterocycles. The van der Waals surface area contributed by atoms with Crippen LogP contribution in [0, 0.1) is 0 Å². The first-order valence-corrected chi connectivity index (χ1v) is 4.78. The minimum atomic E-state index is -4.57. The van der Waals surface area contributed by atoms with E-state index in [4.69, 9.17) is 16.3 Å². The molecule has 0 N–H and O–H groups in total. The molecule has 0 unspecified atom stereocenters. The molecular formula is C10H8ClF3O3. The average molecular weight is 269 g/mol. The van der Waals surface area contributed by atoms with Crippen LogP contribution in [-0.4, -0.2) is 19.7 Å². The molecule has 0 aliphatic heterocycles. The molecule has 0 atom stereocenters. The normalized spacial score (nSPS) is 11.1. The van der Waals surface area contributed by atoms with Crippen molar-refractivity contribution in [1.29, 1.82) is 0 Å². The number of methoxy groups -OCH3 is 1. The molecule has 0 amide bonds. The maximum atomic E-state index is 12.5. The molecular weight excluding hydrogens is 261 g/mol. The first kappa shape index (κ1) is 13.6. The summed E-state index contributed by atoms with van der Waals surface area (Å²) in [6, 6.07) is 3.02. The van der Waals surface area contributed by atoms with Gasteiger partial charge < -0.3 is 9.47 Å². The summed E-state index contributed by atoms with van der Waals surface area (Å²) in [6.07, 6.45) is -4.57. The number of alkyl halides is 3. The first-order valence-electron chi connectivity index (χ1n) is 4.41. The Kier molecular flexibility index (Phi) is 4.22. The van der Waals surface area contributed by atoms with Gasteiger partial charge in [0.2, 0.25) is 0 Å². The number of carbonyl (C=O) groups excluding carboxylic acids is 1. The van der Waals surface area contributed by atoms with Gasteiger partial charge in [-0.25, -0.2) is 4.79 Å². The van der Waals surface area contributed by atoms with E-state index in [1.165, 1.54) is 6.07 Å². The molecule has 0 aromatic heterocycles. The van der Waals surface area contributed by atoms with E-state index in [-0.39, 0.29) is 5.75 Å². The molecule has 0 radical (unpaired) electrons. The van der Waals surface area contributed by atoms with Crippen molar-refractivity contribution in [3.63, 3.8) is 0 Å². The Morgan fingerprint density at radius 1 is 1.41 bits per heavy atom. The standard InChI is InChI=1S/C10H8ClF3O3/c1-16-9(15)5-17-6-2-3-8(11)7(4-6)10(12,13)14/h2-4H,5H2,1H3. The summed E-state index contributed by atoms with van der Waals surface area (Å²) >= 11 is 5.40. The predicted octanol–water partition coefficient (Wildman–Crippen LogP) is 2.91. The lowest BCUT2D eigenvalue weighted by Gasteiger charge is -2.11. The fourth-order valence-electron chi connectivity index (χ4n) is 1.01. The van der Waals surface area contributed by atoms with Crippen molar-refractivity contribution in [1.82, 2.24) is 0 Å². The smallest absolute Gasteiger partial charge is 0.417 e. The number of hydrogen-bond acceptors (Lipinski definition) is 3. The van der Waals surface area contributed by atoms with Gasteiger partial charge >= 0.3 is 12.1 Å². The monoisotopic (exact) mass is 268 g/mol. The van der Waals surface area contributed by atoms with Crippen molar-refractivity contribution in [2.75, 3.05) is 13.7 Å². The quantitative estimate of drug-likeness (QED) is 0.791. The molecule has 0 aliphatic rings. The van der Waals surface area contributed by atoms with Crippen LogP contribution in [0.15, 0.2) is 18.2 Å². The Hall–Kier alpha value is -1.43. The van der Waals surface area contributed by atoms with Crippen LogP contribution < -0.4 is 4.74 Å². The summed E-state index contributed by atoms with van der Waals surface area (Å²) in [4.78, 5) is 10.7. The number of benzene rings is 1. The summed E-state index contributed by atoms with van der Waals surface area (Å²) in [5, 5.41) is -0.428. The average Bonchev–Trinajstić information content (AvgIpc) is 2.26. The molecule has 1 aromatic rings. The second kappa shape index (κ2) is 5.27.